The summed E-state index contributed by atoms with van der Waals surface area (Å²) in [7, 11) is 0. The third kappa shape index (κ3) is 0.772. The van der Waals surface area contributed by atoms with Crippen molar-refractivity contribution in [2.45, 2.75) is 0 Å². The van der Waals surface area contributed by atoms with Crippen molar-refractivity contribution in [3.8, 4) is 0 Å². The van der Waals surface area contributed by atoms with Crippen LogP contribution in [0.15, 0.2) is 0 Å². The Kier molecular flexibility index (Phi) is 1.44. The van der Waals surface area contributed by atoms with E-state index in [1.54, 1.807) is 0 Å². The number of rotatable bonds is 1. The summed E-state index contributed by atoms with van der Waals surface area (Å²) in [6.45, 7) is 0. The molecule has 10 heavy (non-hydrogen) atoms. The van der Waals surface area contributed by atoms with Crippen LogP contribution in [0.4, 0.5) is 13.2 Å². The number of hydrogen-bond donors (Lipinski definition) is 0. The van der Waals surface area contributed by atoms with Gasteiger partial charge in [0.05, 0.1) is 0 Å². The summed E-state index contributed by atoms with van der Waals surface area (Å²) in [5, 5.41) is 0. The zero-order valence-corrected chi connectivity index (χ0v) is 4.51. The first kappa shape index (κ1) is 6.79. The number of halogens is 3. The minimum atomic E-state index is -1.62. The SMILES string of the molecule is O=Cn1c(F)nc(F)c1F. The summed E-state index contributed by atoms with van der Waals surface area (Å²) >= 11 is 0. The van der Waals surface area contributed by atoms with Crippen molar-refractivity contribution in [2.24, 2.45) is 0 Å². The van der Waals surface area contributed by atoms with Crippen LogP contribution >= 0.6 is 0 Å². The molecule has 0 unspecified atom stereocenters. The van der Waals surface area contributed by atoms with E-state index >= 15 is 0 Å². The van der Waals surface area contributed by atoms with E-state index in [9.17, 15) is 18.0 Å². The summed E-state index contributed by atoms with van der Waals surface area (Å²) in [4.78, 5) is 12.1. The molecule has 0 bridgehead atoms. The normalized spacial score (nSPS) is 9.90. The van der Waals surface area contributed by atoms with Crippen LogP contribution in [-0.2, 0) is 4.79 Å². The van der Waals surface area contributed by atoms with Crippen molar-refractivity contribution < 1.29 is 18.0 Å². The molecule has 0 radical (unpaired) electrons. The molecule has 1 heterocycles. The summed E-state index contributed by atoms with van der Waals surface area (Å²) in [6, 6.07) is 0. The lowest BCUT2D eigenvalue weighted by Gasteiger charge is -1.85. The fourth-order valence-corrected chi connectivity index (χ4v) is 0.451. The number of nitrogens with zero attached hydrogens (tertiary/aromatic N) is 2. The monoisotopic (exact) mass is 150 g/mol. The van der Waals surface area contributed by atoms with Crippen molar-refractivity contribution in [3.05, 3.63) is 18.0 Å². The Morgan fingerprint density at radius 2 is 2.00 bits per heavy atom. The second kappa shape index (κ2) is 2.13. The van der Waals surface area contributed by atoms with Crippen molar-refractivity contribution >= 4 is 6.41 Å². The smallest absolute Gasteiger partial charge is 0.278 e. The van der Waals surface area contributed by atoms with Gasteiger partial charge in [0.2, 0.25) is 6.41 Å². The maximum atomic E-state index is 12.1. The highest BCUT2D eigenvalue weighted by Gasteiger charge is 2.15. The van der Waals surface area contributed by atoms with E-state index in [4.69, 9.17) is 0 Å². The molecule has 0 saturated heterocycles. The van der Waals surface area contributed by atoms with Gasteiger partial charge < -0.3 is 0 Å². The minimum Gasteiger partial charge on any atom is -0.278 e. The highest BCUT2D eigenvalue weighted by Crippen LogP contribution is 2.03. The van der Waals surface area contributed by atoms with Gasteiger partial charge in [-0.05, 0) is 0 Å². The van der Waals surface area contributed by atoms with Crippen LogP contribution < -0.4 is 0 Å². The van der Waals surface area contributed by atoms with E-state index < -0.39 is 18.0 Å². The van der Waals surface area contributed by atoms with Gasteiger partial charge in [0.25, 0.3) is 11.9 Å². The van der Waals surface area contributed by atoms with E-state index in [-0.39, 0.29) is 11.0 Å². The van der Waals surface area contributed by atoms with Gasteiger partial charge in [-0.3, -0.25) is 4.79 Å². The highest BCUT2D eigenvalue weighted by molar-refractivity contribution is 5.51. The number of aromatic nitrogens is 2. The van der Waals surface area contributed by atoms with Gasteiger partial charge in [-0.25, -0.2) is 4.57 Å². The molecule has 1 aromatic heterocycles. The van der Waals surface area contributed by atoms with E-state index in [2.05, 4.69) is 4.98 Å². The first-order valence-electron chi connectivity index (χ1n) is 2.21. The molecule has 0 aliphatic carbocycles. The van der Waals surface area contributed by atoms with Crippen LogP contribution in [0.25, 0.3) is 0 Å². The molecule has 0 saturated carbocycles. The predicted octanol–water partition coefficient (Wildman–Crippen LogP) is 0.339. The Morgan fingerprint density at radius 1 is 1.40 bits per heavy atom. The van der Waals surface area contributed by atoms with Gasteiger partial charge in [0, 0.05) is 0 Å². The molecule has 0 aromatic carbocycles. The molecular weight excluding hydrogens is 149 g/mol. The maximum Gasteiger partial charge on any atom is 0.300 e. The van der Waals surface area contributed by atoms with Crippen molar-refractivity contribution in [1.29, 1.82) is 0 Å². The molecule has 0 fully saturated rings. The van der Waals surface area contributed by atoms with Crippen molar-refractivity contribution in [2.75, 3.05) is 0 Å². The van der Waals surface area contributed by atoms with Crippen LogP contribution in [0.1, 0.15) is 0 Å². The van der Waals surface area contributed by atoms with Crippen molar-refractivity contribution in [3.63, 3.8) is 0 Å². The van der Waals surface area contributed by atoms with E-state index in [0.717, 1.165) is 0 Å². The first-order chi connectivity index (χ1) is 4.66. The average molecular weight is 150 g/mol. The number of imidazole rings is 1. The quantitative estimate of drug-likeness (QED) is 0.541. The summed E-state index contributed by atoms with van der Waals surface area (Å²) < 4.78 is 35.8. The van der Waals surface area contributed by atoms with Crippen LogP contribution in [0, 0.1) is 18.0 Å². The summed E-state index contributed by atoms with van der Waals surface area (Å²) in [6.07, 6.45) is -1.70. The minimum absolute atomic E-state index is 0.171. The van der Waals surface area contributed by atoms with Gasteiger partial charge >= 0.3 is 6.08 Å². The molecule has 0 aliphatic heterocycles. The Labute approximate surface area is 53.1 Å². The summed E-state index contributed by atoms with van der Waals surface area (Å²) in [5.74, 6) is -3.24. The first-order valence-corrected chi connectivity index (χ1v) is 2.21. The molecule has 6 heteroatoms. The Balaban J connectivity index is 3.33. The number of carbonyl (C=O) groups excluding carboxylic acids is 1. The van der Waals surface area contributed by atoms with Crippen molar-refractivity contribution in [1.82, 2.24) is 9.55 Å². The average Bonchev–Trinajstić information content (AvgIpc) is 2.09. The van der Waals surface area contributed by atoms with E-state index in [1.807, 2.05) is 0 Å². The third-order valence-electron chi connectivity index (χ3n) is 0.876. The number of hydrogen-bond acceptors (Lipinski definition) is 2. The highest BCUT2D eigenvalue weighted by atomic mass is 19.2. The molecule has 3 nitrogen and oxygen atoms in total. The summed E-state index contributed by atoms with van der Waals surface area (Å²) in [5.41, 5.74) is 0. The lowest BCUT2D eigenvalue weighted by atomic mass is 10.8. The zero-order valence-electron chi connectivity index (χ0n) is 4.51. The molecule has 0 amide bonds. The molecule has 0 aliphatic rings. The second-order valence-corrected chi connectivity index (χ2v) is 1.44. The standard InChI is InChI=1S/C4HF3N2O/c5-2-3(6)9(1-10)4(7)8-2/h1H. The third-order valence-corrected chi connectivity index (χ3v) is 0.876. The Hall–Kier alpha value is -1.33. The van der Waals surface area contributed by atoms with Crippen LogP contribution in [0.3, 0.4) is 0 Å². The lowest BCUT2D eigenvalue weighted by molar-refractivity contribution is 0.446. The topological polar surface area (TPSA) is 34.9 Å². The Bertz CT molecular complexity index is 270. The van der Waals surface area contributed by atoms with Gasteiger partial charge in [0.1, 0.15) is 0 Å². The van der Waals surface area contributed by atoms with Crippen LogP contribution in [-0.4, -0.2) is 16.0 Å². The molecule has 1 aromatic rings. The maximum absolute atomic E-state index is 12.1. The molecule has 0 atom stereocenters. The molecular formula is C4HF3N2O. The zero-order chi connectivity index (χ0) is 7.72. The van der Waals surface area contributed by atoms with E-state index in [1.165, 1.54) is 0 Å². The molecule has 1 rings (SSSR count). The second-order valence-electron chi connectivity index (χ2n) is 1.44. The molecule has 0 spiro atoms. The lowest BCUT2D eigenvalue weighted by Crippen LogP contribution is -2.01. The van der Waals surface area contributed by atoms with E-state index in [0.29, 0.717) is 0 Å². The van der Waals surface area contributed by atoms with Crippen LogP contribution in [0.5, 0.6) is 0 Å². The number of carbonyl (C=O) groups is 1. The Morgan fingerprint density at radius 3 is 2.20 bits per heavy atom. The fourth-order valence-electron chi connectivity index (χ4n) is 0.451. The molecule has 0 N–H and O–H groups in total. The van der Waals surface area contributed by atoms with Gasteiger partial charge in [-0.1, -0.05) is 0 Å². The van der Waals surface area contributed by atoms with Gasteiger partial charge in [-0.2, -0.15) is 18.2 Å². The molecule has 54 valence electrons. The van der Waals surface area contributed by atoms with Crippen LogP contribution in [0.2, 0.25) is 0 Å². The van der Waals surface area contributed by atoms with Gasteiger partial charge in [-0.15, -0.1) is 0 Å². The predicted molar refractivity (Wildman–Crippen MR) is 24.2 cm³/mol. The largest absolute Gasteiger partial charge is 0.300 e. The van der Waals surface area contributed by atoms with Gasteiger partial charge in [0.15, 0.2) is 0 Å². The fraction of sp³-hybridized carbons (Fsp3) is 0.